The molecule has 1 aliphatic carbocycles. The molecule has 0 spiro atoms. The van der Waals surface area contributed by atoms with E-state index < -0.39 is 0 Å². The molecule has 5 rings (SSSR count). The Morgan fingerprint density at radius 2 is 1.81 bits per heavy atom. The second kappa shape index (κ2) is 8.78. The van der Waals surface area contributed by atoms with Gasteiger partial charge in [0.1, 0.15) is 0 Å². The lowest BCUT2D eigenvalue weighted by molar-refractivity contribution is 0.275. The standard InChI is InChI=1S/C28H32N4/c1-20-17-27(23-12-14-29-15-13-23)30-28(31(20)3)32-16-6-9-26(19-32)21(2)24-11-10-22-7-4-5-8-25(22)18-24/h10-15,17-18,26H,1-2,4-9,16,19H2,3H3. The van der Waals surface area contributed by atoms with Gasteiger partial charge < -0.3 is 9.80 Å². The average Bonchev–Trinajstić information content (AvgIpc) is 2.85. The van der Waals surface area contributed by atoms with Crippen molar-refractivity contribution in [2.24, 2.45) is 10.9 Å². The zero-order chi connectivity index (χ0) is 22.1. The van der Waals surface area contributed by atoms with Gasteiger partial charge >= 0.3 is 0 Å². The second-order valence-corrected chi connectivity index (χ2v) is 9.23. The first kappa shape index (κ1) is 20.7. The minimum atomic E-state index is 0.435. The molecular weight excluding hydrogens is 392 g/mol. The predicted molar refractivity (Wildman–Crippen MR) is 133 cm³/mol. The molecule has 1 fully saturated rings. The van der Waals surface area contributed by atoms with E-state index in [2.05, 4.69) is 53.2 Å². The highest BCUT2D eigenvalue weighted by molar-refractivity contribution is 5.91. The van der Waals surface area contributed by atoms with Crippen LogP contribution in [0.25, 0.3) is 11.3 Å². The van der Waals surface area contributed by atoms with Crippen LogP contribution in [0.5, 0.6) is 0 Å². The Hall–Kier alpha value is -3.14. The molecule has 0 N–H and O–H groups in total. The molecule has 3 aliphatic rings. The third-order valence-electron chi connectivity index (χ3n) is 7.15. The van der Waals surface area contributed by atoms with Gasteiger partial charge in [0.15, 0.2) is 0 Å². The first-order valence-corrected chi connectivity index (χ1v) is 11.8. The van der Waals surface area contributed by atoms with E-state index >= 15 is 0 Å². The molecule has 1 saturated heterocycles. The fourth-order valence-electron chi connectivity index (χ4n) is 5.16. The number of allylic oxidation sites excluding steroid dienone is 1. The summed E-state index contributed by atoms with van der Waals surface area (Å²) in [5.41, 5.74) is 8.62. The molecule has 0 radical (unpaired) electrons. The summed E-state index contributed by atoms with van der Waals surface area (Å²) < 4.78 is 0. The van der Waals surface area contributed by atoms with Crippen LogP contribution in [0, 0.1) is 5.92 Å². The van der Waals surface area contributed by atoms with Gasteiger partial charge in [-0.3, -0.25) is 4.98 Å². The molecule has 2 aliphatic heterocycles. The van der Waals surface area contributed by atoms with E-state index in [9.17, 15) is 0 Å². The number of piperidine rings is 1. The third kappa shape index (κ3) is 4.02. The molecule has 164 valence electrons. The highest BCUT2D eigenvalue weighted by Gasteiger charge is 2.29. The van der Waals surface area contributed by atoms with Crippen LogP contribution in [0.15, 0.2) is 72.6 Å². The van der Waals surface area contributed by atoms with Crippen molar-refractivity contribution in [3.05, 3.63) is 89.9 Å². The highest BCUT2D eigenvalue weighted by atomic mass is 15.4. The van der Waals surface area contributed by atoms with Crippen molar-refractivity contribution in [3.8, 4) is 0 Å². The van der Waals surface area contributed by atoms with E-state index in [0.29, 0.717) is 5.92 Å². The lowest BCUT2D eigenvalue weighted by Gasteiger charge is -2.40. The maximum atomic E-state index is 5.04. The Bertz CT molecular complexity index is 1100. The lowest BCUT2D eigenvalue weighted by Crippen LogP contribution is -2.47. The summed E-state index contributed by atoms with van der Waals surface area (Å²) in [4.78, 5) is 13.7. The van der Waals surface area contributed by atoms with Crippen LogP contribution >= 0.6 is 0 Å². The lowest BCUT2D eigenvalue weighted by atomic mass is 9.84. The Morgan fingerprint density at radius 1 is 1.03 bits per heavy atom. The van der Waals surface area contributed by atoms with Gasteiger partial charge in [-0.05, 0) is 79.0 Å². The van der Waals surface area contributed by atoms with Crippen LogP contribution in [0.3, 0.4) is 0 Å². The molecule has 0 amide bonds. The SMILES string of the molecule is C=C(c1ccc2c(c1)CCCC2)C1CCCN(C2=NC(c3ccncc3)=CC(=C)N2C)C1. The smallest absolute Gasteiger partial charge is 0.206 e. The molecule has 2 aromatic rings. The Kier molecular flexibility index (Phi) is 5.69. The van der Waals surface area contributed by atoms with Gasteiger partial charge in [-0.15, -0.1) is 0 Å². The summed E-state index contributed by atoms with van der Waals surface area (Å²) in [6.07, 6.45) is 13.1. The molecule has 1 aromatic heterocycles. The minimum absolute atomic E-state index is 0.435. The van der Waals surface area contributed by atoms with E-state index in [-0.39, 0.29) is 0 Å². The van der Waals surface area contributed by atoms with Crippen molar-refractivity contribution in [1.29, 1.82) is 0 Å². The molecule has 1 unspecified atom stereocenters. The number of likely N-dealkylation sites (tertiary alicyclic amines) is 1. The van der Waals surface area contributed by atoms with Crippen molar-refractivity contribution in [2.45, 2.75) is 38.5 Å². The number of fused-ring (bicyclic) bond motifs is 1. The number of aliphatic imine (C=N–C) groups is 1. The number of hydrogen-bond donors (Lipinski definition) is 0. The van der Waals surface area contributed by atoms with Crippen molar-refractivity contribution >= 4 is 17.2 Å². The fraction of sp³-hybridized carbons (Fsp3) is 0.357. The van der Waals surface area contributed by atoms with Crippen LogP contribution in [-0.4, -0.2) is 40.9 Å². The molecule has 0 saturated carbocycles. The van der Waals surface area contributed by atoms with Crippen molar-refractivity contribution in [1.82, 2.24) is 14.8 Å². The van der Waals surface area contributed by atoms with Gasteiger partial charge in [0.05, 0.1) is 5.70 Å². The van der Waals surface area contributed by atoms with Crippen LogP contribution in [0.4, 0.5) is 0 Å². The Balaban J connectivity index is 1.37. The second-order valence-electron chi connectivity index (χ2n) is 9.23. The zero-order valence-corrected chi connectivity index (χ0v) is 19.1. The topological polar surface area (TPSA) is 31.7 Å². The molecule has 4 heteroatoms. The van der Waals surface area contributed by atoms with Gasteiger partial charge in [-0.2, -0.15) is 0 Å². The van der Waals surface area contributed by atoms with E-state index in [1.54, 1.807) is 0 Å². The van der Waals surface area contributed by atoms with E-state index in [1.165, 1.54) is 54.4 Å². The molecule has 1 atom stereocenters. The molecule has 4 nitrogen and oxygen atoms in total. The van der Waals surface area contributed by atoms with Crippen molar-refractivity contribution < 1.29 is 0 Å². The largest absolute Gasteiger partial charge is 0.342 e. The number of guanidine groups is 1. The average molecular weight is 425 g/mol. The maximum absolute atomic E-state index is 5.04. The summed E-state index contributed by atoms with van der Waals surface area (Å²) in [5.74, 6) is 1.41. The first-order valence-electron chi connectivity index (χ1n) is 11.8. The van der Waals surface area contributed by atoms with E-state index in [0.717, 1.165) is 42.4 Å². The van der Waals surface area contributed by atoms with Crippen LogP contribution < -0.4 is 0 Å². The quantitative estimate of drug-likeness (QED) is 0.648. The van der Waals surface area contributed by atoms with Gasteiger partial charge in [-0.25, -0.2) is 4.99 Å². The number of likely N-dealkylation sites (N-methyl/N-ethyl adjacent to an activating group) is 1. The molecular formula is C28H32N4. The van der Waals surface area contributed by atoms with Gasteiger partial charge in [0.25, 0.3) is 0 Å². The number of aryl methyl sites for hydroxylation is 2. The van der Waals surface area contributed by atoms with Gasteiger partial charge in [0, 0.05) is 49.7 Å². The number of pyridine rings is 1. The first-order chi connectivity index (χ1) is 15.6. The Morgan fingerprint density at radius 3 is 2.62 bits per heavy atom. The monoisotopic (exact) mass is 424 g/mol. The third-order valence-corrected chi connectivity index (χ3v) is 7.15. The summed E-state index contributed by atoms with van der Waals surface area (Å²) in [6, 6.07) is 11.0. The van der Waals surface area contributed by atoms with Crippen molar-refractivity contribution in [3.63, 3.8) is 0 Å². The van der Waals surface area contributed by atoms with Gasteiger partial charge in [-0.1, -0.05) is 31.4 Å². The number of rotatable bonds is 3. The van der Waals surface area contributed by atoms with E-state index in [1.807, 2.05) is 30.6 Å². The molecule has 0 bridgehead atoms. The van der Waals surface area contributed by atoms with Gasteiger partial charge in [0.2, 0.25) is 5.96 Å². The number of nitrogens with zero attached hydrogens (tertiary/aromatic N) is 4. The van der Waals surface area contributed by atoms with Crippen LogP contribution in [0.2, 0.25) is 0 Å². The molecule has 1 aromatic carbocycles. The van der Waals surface area contributed by atoms with Crippen LogP contribution in [0.1, 0.15) is 47.9 Å². The summed E-state index contributed by atoms with van der Waals surface area (Å²) >= 11 is 0. The van der Waals surface area contributed by atoms with Crippen LogP contribution in [-0.2, 0) is 12.8 Å². The normalized spacial score (nSPS) is 21.0. The Labute approximate surface area is 191 Å². The zero-order valence-electron chi connectivity index (χ0n) is 19.1. The maximum Gasteiger partial charge on any atom is 0.206 e. The highest BCUT2D eigenvalue weighted by Crippen LogP contribution is 2.34. The number of hydrogen-bond acceptors (Lipinski definition) is 4. The summed E-state index contributed by atoms with van der Waals surface area (Å²) in [5, 5.41) is 0. The fourth-order valence-corrected chi connectivity index (χ4v) is 5.16. The summed E-state index contributed by atoms with van der Waals surface area (Å²) in [7, 11) is 2.06. The van der Waals surface area contributed by atoms with E-state index in [4.69, 9.17) is 4.99 Å². The molecule has 3 heterocycles. The minimum Gasteiger partial charge on any atom is -0.342 e. The number of benzene rings is 1. The van der Waals surface area contributed by atoms with Crippen molar-refractivity contribution in [2.75, 3.05) is 20.1 Å². The summed E-state index contributed by atoms with van der Waals surface area (Å²) in [6.45, 7) is 10.8. The predicted octanol–water partition coefficient (Wildman–Crippen LogP) is 5.54. The molecule has 32 heavy (non-hydrogen) atoms. The number of aromatic nitrogens is 1.